The average molecular weight is 571 g/mol. The monoisotopic (exact) mass is 570 g/mol. The predicted octanol–water partition coefficient (Wildman–Crippen LogP) is 7.36. The maximum Gasteiger partial charge on any atom is 0.319 e. The highest BCUT2D eigenvalue weighted by Gasteiger charge is 2.32. The molecule has 1 saturated heterocycles. The van der Waals surface area contributed by atoms with Crippen molar-refractivity contribution in [2.45, 2.75) is 77.5 Å². The van der Waals surface area contributed by atoms with Gasteiger partial charge in [0.15, 0.2) is 0 Å². The van der Waals surface area contributed by atoms with Crippen LogP contribution in [0.15, 0.2) is 66.7 Å². The number of ether oxygens (including phenoxy) is 2. The zero-order chi connectivity index (χ0) is 29.5. The van der Waals surface area contributed by atoms with Crippen molar-refractivity contribution in [3.8, 4) is 17.2 Å². The first-order chi connectivity index (χ1) is 20.4. The van der Waals surface area contributed by atoms with Gasteiger partial charge in [0.05, 0.1) is 0 Å². The van der Waals surface area contributed by atoms with Crippen molar-refractivity contribution in [1.29, 1.82) is 0 Å². The van der Waals surface area contributed by atoms with Gasteiger partial charge in [-0.1, -0.05) is 13.8 Å². The van der Waals surface area contributed by atoms with Gasteiger partial charge in [-0.2, -0.15) is 0 Å². The smallest absolute Gasteiger partial charge is 0.319 e. The Bertz CT molecular complexity index is 1340. The van der Waals surface area contributed by atoms with Gasteiger partial charge in [-0.05, 0) is 118 Å². The number of carbonyl (C=O) groups excluding carboxylic acids is 2. The second-order valence-electron chi connectivity index (χ2n) is 11.3. The van der Waals surface area contributed by atoms with Gasteiger partial charge in [-0.3, -0.25) is 4.79 Å². The van der Waals surface area contributed by atoms with Crippen molar-refractivity contribution in [3.63, 3.8) is 0 Å². The normalized spacial score (nSPS) is 15.7. The fourth-order valence-corrected chi connectivity index (χ4v) is 5.30. The molecule has 8 nitrogen and oxygen atoms in total. The molecule has 1 heterocycles. The lowest BCUT2D eigenvalue weighted by molar-refractivity contribution is 0.0965. The van der Waals surface area contributed by atoms with Gasteiger partial charge in [-0.25, -0.2) is 4.79 Å². The number of hydrogen-bond acceptors (Lipinski definition) is 5. The third-order valence-electron chi connectivity index (χ3n) is 8.05. The Morgan fingerprint density at radius 2 is 1.48 bits per heavy atom. The first-order valence-electron chi connectivity index (χ1n) is 15.2. The van der Waals surface area contributed by atoms with Crippen LogP contribution in [0.4, 0.5) is 16.2 Å². The van der Waals surface area contributed by atoms with E-state index in [0.717, 1.165) is 56.1 Å². The molecule has 0 bridgehead atoms. The van der Waals surface area contributed by atoms with E-state index in [0.29, 0.717) is 28.4 Å². The quantitative estimate of drug-likeness (QED) is 0.224. The summed E-state index contributed by atoms with van der Waals surface area (Å²) < 4.78 is 12.2. The summed E-state index contributed by atoms with van der Waals surface area (Å²) in [5, 5.41) is 8.79. The van der Waals surface area contributed by atoms with Crippen LogP contribution in [0.3, 0.4) is 0 Å². The van der Waals surface area contributed by atoms with Crippen LogP contribution in [0.2, 0.25) is 0 Å². The number of nitrogens with zero attached hydrogens (tertiary/aromatic N) is 1. The minimum atomic E-state index is -0.213. The van der Waals surface area contributed by atoms with E-state index in [1.807, 2.05) is 61.5 Å². The SMILES string of the molecule is CCC(CC)NC(=O)Nc1ccc(Oc2ccc(NC(=O)c3ccc(OC4CCN(C5CC5)CC4)cc3)cc2C)cc1. The van der Waals surface area contributed by atoms with Gasteiger partial charge in [0.2, 0.25) is 0 Å². The maximum absolute atomic E-state index is 12.9. The molecule has 3 aromatic carbocycles. The van der Waals surface area contributed by atoms with Crippen molar-refractivity contribution in [2.24, 2.45) is 0 Å². The fraction of sp³-hybridized carbons (Fsp3) is 0.412. The third kappa shape index (κ3) is 8.03. The number of rotatable bonds is 11. The lowest BCUT2D eigenvalue weighted by Crippen LogP contribution is -2.39. The Hall–Kier alpha value is -4.04. The van der Waals surface area contributed by atoms with E-state index in [2.05, 4.69) is 34.7 Å². The third-order valence-corrected chi connectivity index (χ3v) is 8.05. The zero-order valence-corrected chi connectivity index (χ0v) is 24.8. The van der Waals surface area contributed by atoms with Crippen LogP contribution in [-0.2, 0) is 0 Å². The van der Waals surface area contributed by atoms with Gasteiger partial charge >= 0.3 is 6.03 Å². The van der Waals surface area contributed by atoms with Gasteiger partial charge in [0.1, 0.15) is 23.4 Å². The predicted molar refractivity (Wildman–Crippen MR) is 167 cm³/mol. The molecule has 0 atom stereocenters. The van der Waals surface area contributed by atoms with Gasteiger partial charge < -0.3 is 30.3 Å². The van der Waals surface area contributed by atoms with Gasteiger partial charge in [0, 0.05) is 42.1 Å². The van der Waals surface area contributed by atoms with E-state index in [9.17, 15) is 9.59 Å². The highest BCUT2D eigenvalue weighted by molar-refractivity contribution is 6.04. The largest absolute Gasteiger partial charge is 0.490 e. The fourth-order valence-electron chi connectivity index (χ4n) is 5.30. The Balaban J connectivity index is 1.10. The molecule has 3 N–H and O–H groups in total. The molecule has 0 spiro atoms. The summed E-state index contributed by atoms with van der Waals surface area (Å²) in [5.74, 6) is 1.97. The molecule has 2 aliphatic rings. The number of anilines is 2. The zero-order valence-electron chi connectivity index (χ0n) is 24.8. The topological polar surface area (TPSA) is 91.9 Å². The number of benzene rings is 3. The molecule has 222 valence electrons. The lowest BCUT2D eigenvalue weighted by Gasteiger charge is -2.32. The molecule has 3 aromatic rings. The van der Waals surface area contributed by atoms with E-state index < -0.39 is 0 Å². The van der Waals surface area contributed by atoms with E-state index in [4.69, 9.17) is 9.47 Å². The van der Waals surface area contributed by atoms with E-state index in [1.165, 1.54) is 12.8 Å². The minimum Gasteiger partial charge on any atom is -0.490 e. The van der Waals surface area contributed by atoms with Crippen LogP contribution in [0.25, 0.3) is 0 Å². The molecular formula is C34H42N4O4. The Morgan fingerprint density at radius 3 is 2.10 bits per heavy atom. The lowest BCUT2D eigenvalue weighted by atomic mass is 10.1. The molecular weight excluding hydrogens is 528 g/mol. The molecule has 8 heteroatoms. The van der Waals surface area contributed by atoms with Gasteiger partial charge in [0.25, 0.3) is 5.91 Å². The molecule has 1 aliphatic carbocycles. The molecule has 1 saturated carbocycles. The van der Waals surface area contributed by atoms with Crippen molar-refractivity contribution in [1.82, 2.24) is 10.2 Å². The molecule has 0 unspecified atom stereocenters. The highest BCUT2D eigenvalue weighted by atomic mass is 16.5. The van der Waals surface area contributed by atoms with Crippen LogP contribution < -0.4 is 25.4 Å². The molecule has 5 rings (SSSR count). The van der Waals surface area contributed by atoms with Crippen LogP contribution in [0, 0.1) is 6.92 Å². The van der Waals surface area contributed by atoms with Gasteiger partial charge in [-0.15, -0.1) is 0 Å². The molecule has 1 aliphatic heterocycles. The Labute approximate surface area is 248 Å². The number of piperidine rings is 1. The van der Waals surface area contributed by atoms with E-state index in [1.54, 1.807) is 12.1 Å². The second kappa shape index (κ2) is 13.7. The summed E-state index contributed by atoms with van der Waals surface area (Å²) in [7, 11) is 0. The average Bonchev–Trinajstić information content (AvgIpc) is 3.85. The Kier molecular flexibility index (Phi) is 9.64. The van der Waals surface area contributed by atoms with E-state index >= 15 is 0 Å². The second-order valence-corrected chi connectivity index (χ2v) is 11.3. The summed E-state index contributed by atoms with van der Waals surface area (Å²) in [4.78, 5) is 27.7. The summed E-state index contributed by atoms with van der Waals surface area (Å²) in [6.07, 6.45) is 6.82. The highest BCUT2D eigenvalue weighted by Crippen LogP contribution is 2.31. The Morgan fingerprint density at radius 1 is 0.833 bits per heavy atom. The van der Waals surface area contributed by atoms with E-state index in [-0.39, 0.29) is 24.1 Å². The van der Waals surface area contributed by atoms with Crippen LogP contribution in [0.5, 0.6) is 17.2 Å². The summed E-state index contributed by atoms with van der Waals surface area (Å²) in [6, 6.07) is 20.9. The maximum atomic E-state index is 12.9. The number of nitrogens with one attached hydrogen (secondary N) is 3. The first kappa shape index (κ1) is 29.5. The van der Waals surface area contributed by atoms with Crippen molar-refractivity contribution in [3.05, 3.63) is 77.9 Å². The van der Waals surface area contributed by atoms with Crippen molar-refractivity contribution < 1.29 is 19.1 Å². The van der Waals surface area contributed by atoms with Crippen molar-refractivity contribution in [2.75, 3.05) is 23.7 Å². The minimum absolute atomic E-state index is 0.160. The standard InChI is InChI=1S/C34H42N4O4/c1-4-25(5-2)36-34(40)37-26-8-15-30(16-9-26)42-32-17-10-27(22-23(32)3)35-33(39)24-6-13-29(14-7-24)41-31-18-20-38(21-19-31)28-11-12-28/h6-10,13-17,22,25,28,31H,4-5,11-12,18-21H2,1-3H3,(H,35,39)(H2,36,37,40). The molecule has 42 heavy (non-hydrogen) atoms. The molecule has 2 fully saturated rings. The first-order valence-corrected chi connectivity index (χ1v) is 15.2. The summed E-state index contributed by atoms with van der Waals surface area (Å²) in [5.41, 5.74) is 2.84. The van der Waals surface area contributed by atoms with Crippen LogP contribution in [-0.4, -0.2) is 48.1 Å². The van der Waals surface area contributed by atoms with Crippen LogP contribution in [0.1, 0.15) is 68.3 Å². The number of urea groups is 1. The molecule has 0 aromatic heterocycles. The van der Waals surface area contributed by atoms with Crippen molar-refractivity contribution >= 4 is 23.3 Å². The summed E-state index contributed by atoms with van der Waals surface area (Å²) >= 11 is 0. The molecule has 0 radical (unpaired) electrons. The number of amides is 3. The summed E-state index contributed by atoms with van der Waals surface area (Å²) in [6.45, 7) is 8.27. The number of aryl methyl sites for hydroxylation is 1. The van der Waals surface area contributed by atoms with Crippen LogP contribution >= 0.6 is 0 Å². The number of carbonyl (C=O) groups is 2. The number of likely N-dealkylation sites (tertiary alicyclic amines) is 1. The number of hydrogen-bond donors (Lipinski definition) is 3. The molecule has 3 amide bonds.